The largest absolute Gasteiger partial charge is 0.343 e. The van der Waals surface area contributed by atoms with Gasteiger partial charge in [0.2, 0.25) is 11.8 Å². The highest BCUT2D eigenvalue weighted by molar-refractivity contribution is 5.95. The smallest absolute Gasteiger partial charge is 0.245 e. The molecule has 0 saturated carbocycles. The Morgan fingerprint density at radius 3 is 2.50 bits per heavy atom. The molecule has 1 rings (SSSR count). The second kappa shape index (κ2) is 5.32. The van der Waals surface area contributed by atoms with E-state index < -0.39 is 0 Å². The molecule has 4 nitrogen and oxygen atoms in total. The van der Waals surface area contributed by atoms with Crippen molar-refractivity contribution in [3.63, 3.8) is 0 Å². The third-order valence-corrected chi connectivity index (χ3v) is 3.06. The Bertz CT molecular complexity index is 276. The van der Waals surface area contributed by atoms with Crippen LogP contribution in [-0.4, -0.2) is 35.3 Å². The standard InChI is InChI=1S/C12H22N2O2/c1-5-9(4)14-7-11(15)13-10(12(14)16)6-8(2)3/h8-10H,5-7H2,1-4H3,(H,13,15). The van der Waals surface area contributed by atoms with Crippen LogP contribution in [0, 0.1) is 5.92 Å². The van der Waals surface area contributed by atoms with Crippen molar-refractivity contribution in [2.24, 2.45) is 5.92 Å². The van der Waals surface area contributed by atoms with Gasteiger partial charge in [0.15, 0.2) is 0 Å². The van der Waals surface area contributed by atoms with Crippen molar-refractivity contribution in [1.29, 1.82) is 0 Å². The molecule has 0 aromatic heterocycles. The first-order valence-corrected chi connectivity index (χ1v) is 6.05. The number of hydrogen-bond donors (Lipinski definition) is 1. The molecule has 0 aromatic rings. The Labute approximate surface area is 97.4 Å². The van der Waals surface area contributed by atoms with E-state index in [0.29, 0.717) is 5.92 Å². The molecule has 0 bridgehead atoms. The van der Waals surface area contributed by atoms with E-state index in [2.05, 4.69) is 19.2 Å². The lowest BCUT2D eigenvalue weighted by Crippen LogP contribution is -2.60. The van der Waals surface area contributed by atoms with Crippen molar-refractivity contribution in [3.05, 3.63) is 0 Å². The lowest BCUT2D eigenvalue weighted by atomic mass is 10.00. The second-order valence-electron chi connectivity index (χ2n) is 4.97. The van der Waals surface area contributed by atoms with Crippen LogP contribution in [0.3, 0.4) is 0 Å². The van der Waals surface area contributed by atoms with Crippen LogP contribution >= 0.6 is 0 Å². The van der Waals surface area contributed by atoms with Gasteiger partial charge in [-0.3, -0.25) is 9.59 Å². The van der Waals surface area contributed by atoms with Crippen molar-refractivity contribution in [2.45, 2.75) is 52.6 Å². The van der Waals surface area contributed by atoms with E-state index in [4.69, 9.17) is 0 Å². The number of nitrogens with one attached hydrogen (secondary N) is 1. The van der Waals surface area contributed by atoms with Gasteiger partial charge in [0.1, 0.15) is 6.04 Å². The maximum Gasteiger partial charge on any atom is 0.245 e. The van der Waals surface area contributed by atoms with Gasteiger partial charge in [-0.25, -0.2) is 0 Å². The van der Waals surface area contributed by atoms with Gasteiger partial charge in [-0.1, -0.05) is 20.8 Å². The van der Waals surface area contributed by atoms with Crippen molar-refractivity contribution in [3.8, 4) is 0 Å². The van der Waals surface area contributed by atoms with Crippen molar-refractivity contribution >= 4 is 11.8 Å². The minimum Gasteiger partial charge on any atom is -0.343 e. The Morgan fingerprint density at radius 2 is 2.00 bits per heavy atom. The topological polar surface area (TPSA) is 49.4 Å². The van der Waals surface area contributed by atoms with Gasteiger partial charge < -0.3 is 10.2 Å². The highest BCUT2D eigenvalue weighted by atomic mass is 16.2. The molecule has 0 aromatic carbocycles. The van der Waals surface area contributed by atoms with E-state index in [1.807, 2.05) is 13.8 Å². The Hall–Kier alpha value is -1.06. The number of carbonyl (C=O) groups is 2. The second-order valence-corrected chi connectivity index (χ2v) is 4.97. The quantitative estimate of drug-likeness (QED) is 0.782. The summed E-state index contributed by atoms with van der Waals surface area (Å²) in [6, 6.07) is -0.177. The Balaban J connectivity index is 2.73. The predicted octanol–water partition coefficient (Wildman–Crippen LogP) is 1.16. The highest BCUT2D eigenvalue weighted by Crippen LogP contribution is 2.15. The Morgan fingerprint density at radius 1 is 1.38 bits per heavy atom. The van der Waals surface area contributed by atoms with E-state index in [0.717, 1.165) is 12.8 Å². The van der Waals surface area contributed by atoms with Crippen LogP contribution in [0.1, 0.15) is 40.5 Å². The molecule has 1 aliphatic rings. The fourth-order valence-electron chi connectivity index (χ4n) is 1.96. The number of rotatable bonds is 4. The monoisotopic (exact) mass is 226 g/mol. The van der Waals surface area contributed by atoms with Gasteiger partial charge in [0, 0.05) is 6.04 Å². The summed E-state index contributed by atoms with van der Waals surface area (Å²) < 4.78 is 0. The van der Waals surface area contributed by atoms with Crippen LogP contribution in [0.25, 0.3) is 0 Å². The third-order valence-electron chi connectivity index (χ3n) is 3.06. The minimum absolute atomic E-state index is 0.0365. The fraction of sp³-hybridized carbons (Fsp3) is 0.833. The average molecular weight is 226 g/mol. The molecule has 2 amide bonds. The summed E-state index contributed by atoms with van der Waals surface area (Å²) in [4.78, 5) is 25.3. The number of hydrogen-bond acceptors (Lipinski definition) is 2. The number of carbonyl (C=O) groups excluding carboxylic acids is 2. The summed E-state index contributed by atoms with van der Waals surface area (Å²) in [5.41, 5.74) is 0. The predicted molar refractivity (Wildman–Crippen MR) is 62.9 cm³/mol. The number of nitrogens with zero attached hydrogens (tertiary/aromatic N) is 1. The SMILES string of the molecule is CCC(C)N1CC(=O)NC(CC(C)C)C1=O. The van der Waals surface area contributed by atoms with Crippen LogP contribution in [0.2, 0.25) is 0 Å². The molecule has 1 N–H and O–H groups in total. The zero-order chi connectivity index (χ0) is 12.3. The van der Waals surface area contributed by atoms with Crippen molar-refractivity contribution in [1.82, 2.24) is 10.2 Å². The lowest BCUT2D eigenvalue weighted by Gasteiger charge is -2.36. The maximum absolute atomic E-state index is 12.1. The molecule has 2 atom stereocenters. The minimum atomic E-state index is -0.324. The molecule has 0 aliphatic carbocycles. The fourth-order valence-corrected chi connectivity index (χ4v) is 1.96. The van der Waals surface area contributed by atoms with Gasteiger partial charge in [-0.2, -0.15) is 0 Å². The van der Waals surface area contributed by atoms with Crippen LogP contribution in [0.5, 0.6) is 0 Å². The number of piperazine rings is 1. The molecule has 1 aliphatic heterocycles. The zero-order valence-electron chi connectivity index (χ0n) is 10.6. The van der Waals surface area contributed by atoms with E-state index in [1.165, 1.54) is 0 Å². The van der Waals surface area contributed by atoms with Crippen molar-refractivity contribution in [2.75, 3.05) is 6.54 Å². The first kappa shape index (κ1) is 13.0. The lowest BCUT2D eigenvalue weighted by molar-refractivity contribution is -0.146. The molecule has 1 saturated heterocycles. The first-order valence-electron chi connectivity index (χ1n) is 6.05. The van der Waals surface area contributed by atoms with Gasteiger partial charge >= 0.3 is 0 Å². The van der Waals surface area contributed by atoms with E-state index in [1.54, 1.807) is 4.90 Å². The van der Waals surface area contributed by atoms with Gasteiger partial charge in [0.25, 0.3) is 0 Å². The van der Waals surface area contributed by atoms with E-state index >= 15 is 0 Å². The van der Waals surface area contributed by atoms with Gasteiger partial charge in [-0.05, 0) is 25.7 Å². The molecule has 1 fully saturated rings. The summed E-state index contributed by atoms with van der Waals surface area (Å²) in [7, 11) is 0. The molecule has 2 unspecified atom stereocenters. The summed E-state index contributed by atoms with van der Waals surface area (Å²) >= 11 is 0. The molecule has 1 heterocycles. The number of amides is 2. The first-order chi connectivity index (χ1) is 7.45. The van der Waals surface area contributed by atoms with Gasteiger partial charge in [0.05, 0.1) is 6.54 Å². The van der Waals surface area contributed by atoms with Crippen LogP contribution < -0.4 is 5.32 Å². The molecule has 92 valence electrons. The summed E-state index contributed by atoms with van der Waals surface area (Å²) in [6.07, 6.45) is 1.60. The highest BCUT2D eigenvalue weighted by Gasteiger charge is 2.34. The van der Waals surface area contributed by atoms with Crippen molar-refractivity contribution < 1.29 is 9.59 Å². The van der Waals surface area contributed by atoms with E-state index in [-0.39, 0.29) is 30.4 Å². The van der Waals surface area contributed by atoms with Crippen LogP contribution in [0.4, 0.5) is 0 Å². The molecule has 4 heteroatoms. The molecule has 0 spiro atoms. The zero-order valence-corrected chi connectivity index (χ0v) is 10.6. The maximum atomic E-state index is 12.1. The average Bonchev–Trinajstić information content (AvgIpc) is 2.21. The molecule has 16 heavy (non-hydrogen) atoms. The summed E-state index contributed by atoms with van der Waals surface area (Å²) in [6.45, 7) is 8.34. The molecular weight excluding hydrogens is 204 g/mol. The van der Waals surface area contributed by atoms with Crippen LogP contribution in [0.15, 0.2) is 0 Å². The van der Waals surface area contributed by atoms with Crippen LogP contribution in [-0.2, 0) is 9.59 Å². The van der Waals surface area contributed by atoms with Gasteiger partial charge in [-0.15, -0.1) is 0 Å². The third kappa shape index (κ3) is 2.97. The molecular formula is C12H22N2O2. The summed E-state index contributed by atoms with van der Waals surface area (Å²) in [5.74, 6) is 0.444. The van der Waals surface area contributed by atoms with E-state index in [9.17, 15) is 9.59 Å². The normalized spacial score (nSPS) is 23.6. The summed E-state index contributed by atoms with van der Waals surface area (Å²) in [5, 5.41) is 2.78. The molecule has 0 radical (unpaired) electrons. The Kier molecular flexibility index (Phi) is 4.33.